The molecule has 5 nitrogen and oxygen atoms in total. The lowest BCUT2D eigenvalue weighted by molar-refractivity contribution is -0.135. The highest BCUT2D eigenvalue weighted by atomic mass is 32.2. The minimum atomic E-state index is -4.20. The van der Waals surface area contributed by atoms with Gasteiger partial charge in [-0.3, -0.25) is 0 Å². The Labute approximate surface area is 115 Å². The molecule has 0 spiro atoms. The molecule has 20 heavy (non-hydrogen) atoms. The van der Waals surface area contributed by atoms with Crippen molar-refractivity contribution in [1.29, 1.82) is 0 Å². The largest absolute Gasteiger partial charge is 0.389 e. The number of aromatic nitrogens is 1. The number of nitrogens with one attached hydrogen (secondary N) is 2. The normalized spacial score (nSPS) is 12.4. The molecule has 0 aliphatic carbocycles. The number of halogens is 3. The number of unbranched alkanes of at least 4 members (excludes halogenated alkanes) is 1. The second-order valence-corrected chi connectivity index (χ2v) is 5.86. The Morgan fingerprint density at radius 1 is 1.30 bits per heavy atom. The fourth-order valence-corrected chi connectivity index (χ4v) is 2.54. The van der Waals surface area contributed by atoms with E-state index >= 15 is 0 Å². The lowest BCUT2D eigenvalue weighted by atomic mass is 10.2. The molecule has 1 aromatic rings. The van der Waals surface area contributed by atoms with Gasteiger partial charge in [-0.2, -0.15) is 13.2 Å². The van der Waals surface area contributed by atoms with Gasteiger partial charge in [-0.05, 0) is 18.9 Å². The number of rotatable bonds is 7. The zero-order valence-electron chi connectivity index (χ0n) is 10.9. The summed E-state index contributed by atoms with van der Waals surface area (Å²) in [6.07, 6.45) is -3.75. The first-order valence-corrected chi connectivity index (χ1v) is 7.43. The second-order valence-electron chi connectivity index (χ2n) is 4.10. The number of nitrogens with zero attached hydrogens (tertiary/aromatic N) is 1. The first kappa shape index (κ1) is 16.7. The average molecular weight is 311 g/mol. The van der Waals surface area contributed by atoms with Crippen molar-refractivity contribution < 1.29 is 21.6 Å². The van der Waals surface area contributed by atoms with Crippen molar-refractivity contribution in [3.05, 3.63) is 18.3 Å². The van der Waals surface area contributed by atoms with Gasteiger partial charge in [0.1, 0.15) is 5.82 Å². The van der Waals surface area contributed by atoms with E-state index in [2.05, 4.69) is 15.0 Å². The fourth-order valence-electron chi connectivity index (χ4n) is 1.46. The molecule has 0 atom stereocenters. The monoisotopic (exact) mass is 311 g/mol. The van der Waals surface area contributed by atoms with Crippen LogP contribution in [0, 0.1) is 0 Å². The van der Waals surface area contributed by atoms with Crippen LogP contribution in [-0.2, 0) is 10.0 Å². The summed E-state index contributed by atoms with van der Waals surface area (Å²) in [5.74, 6) is 0.393. The van der Waals surface area contributed by atoms with E-state index in [-0.39, 0.29) is 24.3 Å². The van der Waals surface area contributed by atoms with Gasteiger partial charge < -0.3 is 5.32 Å². The summed E-state index contributed by atoms with van der Waals surface area (Å²) in [5, 5.41) is 2.70. The van der Waals surface area contributed by atoms with Crippen LogP contribution in [-0.4, -0.2) is 33.2 Å². The standard InChI is InChI=1S/C11H16F3N3O2S/c1-15-10-8-9(4-7-16-10)20(18,19)17-6-3-2-5-11(12,13)14/h4,7-8,17H,2-3,5-6H2,1H3,(H,15,16). The Bertz CT molecular complexity index is 532. The maximum Gasteiger partial charge on any atom is 0.389 e. The third kappa shape index (κ3) is 5.74. The van der Waals surface area contributed by atoms with E-state index in [9.17, 15) is 21.6 Å². The minimum absolute atomic E-state index is 0.0210. The van der Waals surface area contributed by atoms with Gasteiger partial charge in [0.15, 0.2) is 0 Å². The second kappa shape index (κ2) is 6.89. The van der Waals surface area contributed by atoms with Crippen molar-refractivity contribution in [2.75, 3.05) is 18.9 Å². The van der Waals surface area contributed by atoms with Crippen LogP contribution in [0.15, 0.2) is 23.2 Å². The van der Waals surface area contributed by atoms with Crippen molar-refractivity contribution in [3.8, 4) is 0 Å². The maximum absolute atomic E-state index is 11.9. The molecule has 0 aliphatic heterocycles. The number of anilines is 1. The van der Waals surface area contributed by atoms with E-state index in [0.717, 1.165) is 0 Å². The predicted octanol–water partition coefficient (Wildman–Crippen LogP) is 2.13. The summed E-state index contributed by atoms with van der Waals surface area (Å²) in [6, 6.07) is 2.66. The van der Waals surface area contributed by atoms with Crippen molar-refractivity contribution in [3.63, 3.8) is 0 Å². The van der Waals surface area contributed by atoms with E-state index in [1.807, 2.05) is 0 Å². The van der Waals surface area contributed by atoms with Crippen LogP contribution < -0.4 is 10.0 Å². The molecular formula is C11H16F3N3O2S. The maximum atomic E-state index is 11.9. The predicted molar refractivity (Wildman–Crippen MR) is 68.9 cm³/mol. The van der Waals surface area contributed by atoms with Gasteiger partial charge in [-0.15, -0.1) is 0 Å². The molecule has 0 amide bonds. The van der Waals surface area contributed by atoms with Gasteiger partial charge in [-0.25, -0.2) is 18.1 Å². The molecule has 0 radical (unpaired) electrons. The molecule has 0 aromatic carbocycles. The smallest absolute Gasteiger partial charge is 0.373 e. The molecule has 0 unspecified atom stereocenters. The zero-order valence-corrected chi connectivity index (χ0v) is 11.7. The van der Waals surface area contributed by atoms with Gasteiger partial charge in [-0.1, -0.05) is 0 Å². The van der Waals surface area contributed by atoms with Crippen LogP contribution in [0.2, 0.25) is 0 Å². The summed E-state index contributed by atoms with van der Waals surface area (Å²) in [5.41, 5.74) is 0. The van der Waals surface area contributed by atoms with E-state index in [1.165, 1.54) is 18.3 Å². The van der Waals surface area contributed by atoms with Crippen molar-refractivity contribution in [2.24, 2.45) is 0 Å². The first-order valence-electron chi connectivity index (χ1n) is 5.95. The molecule has 0 saturated carbocycles. The molecule has 0 saturated heterocycles. The Morgan fingerprint density at radius 2 is 2.00 bits per heavy atom. The van der Waals surface area contributed by atoms with Gasteiger partial charge in [0.25, 0.3) is 0 Å². The average Bonchev–Trinajstić information content (AvgIpc) is 2.37. The molecule has 2 N–H and O–H groups in total. The quantitative estimate of drug-likeness (QED) is 0.757. The van der Waals surface area contributed by atoms with Gasteiger partial charge in [0.2, 0.25) is 10.0 Å². The van der Waals surface area contributed by atoms with Crippen molar-refractivity contribution in [1.82, 2.24) is 9.71 Å². The van der Waals surface area contributed by atoms with Crippen molar-refractivity contribution >= 4 is 15.8 Å². The highest BCUT2D eigenvalue weighted by Gasteiger charge is 2.25. The summed E-state index contributed by atoms with van der Waals surface area (Å²) >= 11 is 0. The van der Waals surface area contributed by atoms with E-state index in [4.69, 9.17) is 0 Å². The van der Waals surface area contributed by atoms with E-state index in [1.54, 1.807) is 7.05 Å². The van der Waals surface area contributed by atoms with Crippen LogP contribution in [0.5, 0.6) is 0 Å². The molecule has 0 bridgehead atoms. The number of hydrogen-bond acceptors (Lipinski definition) is 4. The number of hydrogen-bond donors (Lipinski definition) is 2. The van der Waals surface area contributed by atoms with Gasteiger partial charge in [0.05, 0.1) is 4.90 Å². The highest BCUT2D eigenvalue weighted by molar-refractivity contribution is 7.89. The molecule has 1 rings (SSSR count). The lowest BCUT2D eigenvalue weighted by Gasteiger charge is -2.08. The first-order chi connectivity index (χ1) is 9.24. The van der Waals surface area contributed by atoms with E-state index in [0.29, 0.717) is 5.82 Å². The molecular weight excluding hydrogens is 295 g/mol. The van der Waals surface area contributed by atoms with E-state index < -0.39 is 22.6 Å². The lowest BCUT2D eigenvalue weighted by Crippen LogP contribution is -2.25. The van der Waals surface area contributed by atoms with Gasteiger partial charge in [0, 0.05) is 32.3 Å². The molecule has 1 heterocycles. The summed E-state index contributed by atoms with van der Waals surface area (Å²) in [4.78, 5) is 3.90. The topological polar surface area (TPSA) is 71.1 Å². The fraction of sp³-hybridized carbons (Fsp3) is 0.545. The Balaban J connectivity index is 2.49. The molecule has 0 fully saturated rings. The number of sulfonamides is 1. The third-order valence-corrected chi connectivity index (χ3v) is 3.94. The SMILES string of the molecule is CNc1cc(S(=O)(=O)NCCCCC(F)(F)F)ccn1. The summed E-state index contributed by atoms with van der Waals surface area (Å²) in [6.45, 7) is -0.0321. The zero-order chi connectivity index (χ0) is 15.2. The van der Waals surface area contributed by atoms with Gasteiger partial charge >= 0.3 is 6.18 Å². The minimum Gasteiger partial charge on any atom is -0.373 e. The molecule has 114 valence electrons. The van der Waals surface area contributed by atoms with Crippen LogP contribution in [0.25, 0.3) is 0 Å². The van der Waals surface area contributed by atoms with Crippen LogP contribution >= 0.6 is 0 Å². The van der Waals surface area contributed by atoms with Crippen LogP contribution in [0.4, 0.5) is 19.0 Å². The summed E-state index contributed by atoms with van der Waals surface area (Å²) < 4.78 is 61.7. The molecule has 1 aromatic heterocycles. The van der Waals surface area contributed by atoms with Crippen molar-refractivity contribution in [2.45, 2.75) is 30.3 Å². The third-order valence-electron chi connectivity index (χ3n) is 2.48. The highest BCUT2D eigenvalue weighted by Crippen LogP contribution is 2.22. The van der Waals surface area contributed by atoms with Crippen LogP contribution in [0.3, 0.4) is 0 Å². The Morgan fingerprint density at radius 3 is 2.60 bits per heavy atom. The Hall–Kier alpha value is -1.35. The number of alkyl halides is 3. The molecule has 9 heteroatoms. The summed E-state index contributed by atoms with van der Waals surface area (Å²) in [7, 11) is -2.12. The molecule has 0 aliphatic rings. The Kier molecular flexibility index (Phi) is 5.75. The number of pyridine rings is 1. The van der Waals surface area contributed by atoms with Crippen LogP contribution in [0.1, 0.15) is 19.3 Å².